The molecule has 0 fully saturated rings. The molecule has 0 saturated carbocycles. The van der Waals surface area contributed by atoms with E-state index in [1.54, 1.807) is 0 Å². The van der Waals surface area contributed by atoms with Gasteiger partial charge in [0, 0.05) is 0 Å². The zero-order chi connectivity index (χ0) is 6.41. The van der Waals surface area contributed by atoms with Gasteiger partial charge < -0.3 is 5.43 Å². The van der Waals surface area contributed by atoms with Crippen molar-refractivity contribution in [2.24, 2.45) is 15.8 Å². The summed E-state index contributed by atoms with van der Waals surface area (Å²) in [4.78, 5) is 6.90. The van der Waals surface area contributed by atoms with Crippen LogP contribution in [0.2, 0.25) is 0 Å². The molecule has 0 aromatic rings. The second kappa shape index (κ2) is 4.01. The monoisotopic (exact) mass is 112 g/mol. The second-order valence-electron chi connectivity index (χ2n) is 1.02. The third-order valence-electron chi connectivity index (χ3n) is 0.462. The van der Waals surface area contributed by atoms with Crippen LogP contribution in [-0.4, -0.2) is 13.1 Å². The van der Waals surface area contributed by atoms with E-state index < -0.39 is 0 Å². The lowest BCUT2D eigenvalue weighted by Gasteiger charge is -1.91. The van der Waals surface area contributed by atoms with Gasteiger partial charge >= 0.3 is 0 Å². The number of nitrogens with zero attached hydrogens (tertiary/aromatic N) is 2. The molecule has 4 nitrogen and oxygen atoms in total. The molecular weight excluding hydrogens is 104 g/mol. The minimum absolute atomic E-state index is 0.359. The molecule has 0 unspecified atom stereocenters. The fourth-order valence-corrected chi connectivity index (χ4v) is 0.148. The number of hydrogen-bond donors (Lipinski definition) is 2. The lowest BCUT2D eigenvalue weighted by molar-refractivity contribution is 0.876. The van der Waals surface area contributed by atoms with Gasteiger partial charge in [0.25, 0.3) is 0 Å². The van der Waals surface area contributed by atoms with Gasteiger partial charge in [-0.3, -0.25) is 4.99 Å². The molecule has 44 valence electrons. The minimum atomic E-state index is 0.359. The van der Waals surface area contributed by atoms with Crippen molar-refractivity contribution >= 4 is 13.1 Å². The summed E-state index contributed by atoms with van der Waals surface area (Å²) in [6.45, 7) is 6.55. The van der Waals surface area contributed by atoms with Gasteiger partial charge in [-0.1, -0.05) is 6.58 Å². The topological polar surface area (TPSA) is 62.8 Å². The first kappa shape index (κ1) is 6.84. The summed E-state index contributed by atoms with van der Waals surface area (Å²) in [7, 11) is 0. The maximum absolute atomic E-state index is 4.89. The molecule has 8 heavy (non-hydrogen) atoms. The summed E-state index contributed by atoms with van der Waals surface area (Å²) in [6.07, 6.45) is 1.25. The van der Waals surface area contributed by atoms with Crippen molar-refractivity contribution in [1.29, 1.82) is 0 Å². The SMILES string of the molecule is C=N/C=N\C(=C)NN. The van der Waals surface area contributed by atoms with Crippen LogP contribution in [0.1, 0.15) is 0 Å². The first-order valence-electron chi connectivity index (χ1n) is 1.95. The van der Waals surface area contributed by atoms with Crippen molar-refractivity contribution in [3.05, 3.63) is 12.4 Å². The predicted octanol–water partition coefficient (Wildman–Crippen LogP) is -0.350. The van der Waals surface area contributed by atoms with Gasteiger partial charge in [-0.2, -0.15) is 0 Å². The van der Waals surface area contributed by atoms with Gasteiger partial charge in [0.05, 0.1) is 0 Å². The van der Waals surface area contributed by atoms with Crippen LogP contribution in [0.25, 0.3) is 0 Å². The number of aliphatic imine (C=N–C) groups is 2. The molecule has 0 bridgehead atoms. The van der Waals surface area contributed by atoms with Crippen LogP contribution in [0, 0.1) is 0 Å². The molecule has 4 heteroatoms. The van der Waals surface area contributed by atoms with Gasteiger partial charge in [-0.15, -0.1) is 0 Å². The highest BCUT2D eigenvalue weighted by molar-refractivity contribution is 5.62. The van der Waals surface area contributed by atoms with Crippen LogP contribution in [0.15, 0.2) is 22.4 Å². The predicted molar refractivity (Wildman–Crippen MR) is 34.5 cm³/mol. The van der Waals surface area contributed by atoms with E-state index in [2.05, 4.69) is 28.7 Å². The summed E-state index contributed by atoms with van der Waals surface area (Å²) in [6, 6.07) is 0. The first-order valence-corrected chi connectivity index (χ1v) is 1.95. The van der Waals surface area contributed by atoms with Gasteiger partial charge in [0.15, 0.2) is 0 Å². The third kappa shape index (κ3) is 3.05. The number of hydrogen-bond acceptors (Lipinski definition) is 3. The van der Waals surface area contributed by atoms with E-state index >= 15 is 0 Å². The van der Waals surface area contributed by atoms with E-state index in [4.69, 9.17) is 5.84 Å². The fraction of sp³-hybridized carbons (Fsp3) is 0. The normalized spacial score (nSPS) is 9.12. The molecule has 3 N–H and O–H groups in total. The molecule has 0 spiro atoms. The molecule has 0 radical (unpaired) electrons. The van der Waals surface area contributed by atoms with Gasteiger partial charge in [0.2, 0.25) is 0 Å². The van der Waals surface area contributed by atoms with E-state index in [1.807, 2.05) is 0 Å². The van der Waals surface area contributed by atoms with Gasteiger partial charge in [0.1, 0.15) is 12.2 Å². The van der Waals surface area contributed by atoms with Crippen molar-refractivity contribution in [2.75, 3.05) is 0 Å². The smallest absolute Gasteiger partial charge is 0.134 e. The highest BCUT2D eigenvalue weighted by Gasteiger charge is 1.74. The van der Waals surface area contributed by atoms with E-state index in [1.165, 1.54) is 6.34 Å². The average Bonchev–Trinajstić information content (AvgIpc) is 1.83. The van der Waals surface area contributed by atoms with E-state index in [0.29, 0.717) is 5.82 Å². The Labute approximate surface area is 47.8 Å². The first-order chi connectivity index (χ1) is 3.81. The zero-order valence-corrected chi connectivity index (χ0v) is 4.46. The zero-order valence-electron chi connectivity index (χ0n) is 4.46. The molecule has 0 atom stereocenters. The highest BCUT2D eigenvalue weighted by Crippen LogP contribution is 1.77. The molecule has 0 aliphatic heterocycles. The maximum Gasteiger partial charge on any atom is 0.134 e. The molecule has 0 aliphatic rings. The van der Waals surface area contributed by atoms with Crippen LogP contribution >= 0.6 is 0 Å². The Hall–Kier alpha value is -1.16. The van der Waals surface area contributed by atoms with E-state index in [9.17, 15) is 0 Å². The van der Waals surface area contributed by atoms with Crippen LogP contribution in [0.4, 0.5) is 0 Å². The quantitative estimate of drug-likeness (QED) is 0.227. The van der Waals surface area contributed by atoms with Crippen LogP contribution in [0.5, 0.6) is 0 Å². The number of hydrazine groups is 1. The van der Waals surface area contributed by atoms with Crippen LogP contribution < -0.4 is 11.3 Å². The second-order valence-corrected chi connectivity index (χ2v) is 1.02. The number of rotatable bonds is 3. The van der Waals surface area contributed by atoms with Crippen LogP contribution in [-0.2, 0) is 0 Å². The molecular formula is C4H8N4. The molecule has 0 saturated heterocycles. The number of nitrogens with one attached hydrogen (secondary N) is 1. The molecule has 0 aromatic heterocycles. The Balaban J connectivity index is 3.52. The van der Waals surface area contributed by atoms with Crippen molar-refractivity contribution in [3.8, 4) is 0 Å². The standard InChI is InChI=1S/C4H8N4/c1-4(8-5)7-3-6-2/h3,8H,1-2,5H2/b7-3-. The lowest BCUT2D eigenvalue weighted by atomic mass is 10.8. The van der Waals surface area contributed by atoms with E-state index in [0.717, 1.165) is 0 Å². The Morgan fingerprint density at radius 3 is 2.75 bits per heavy atom. The van der Waals surface area contributed by atoms with Gasteiger partial charge in [-0.25, -0.2) is 10.8 Å². The Bertz CT molecular complexity index is 115. The summed E-state index contributed by atoms with van der Waals surface area (Å²) < 4.78 is 0. The van der Waals surface area contributed by atoms with Crippen molar-refractivity contribution in [1.82, 2.24) is 5.43 Å². The summed E-state index contributed by atoms with van der Waals surface area (Å²) >= 11 is 0. The summed E-state index contributed by atoms with van der Waals surface area (Å²) in [5.74, 6) is 5.25. The van der Waals surface area contributed by atoms with Gasteiger partial charge in [-0.05, 0) is 6.72 Å². The lowest BCUT2D eigenvalue weighted by Crippen LogP contribution is -2.18. The Kier molecular flexibility index (Phi) is 3.43. The minimum Gasteiger partial charge on any atom is -0.309 e. The number of nitrogens with two attached hydrogens (primary N) is 1. The Morgan fingerprint density at radius 1 is 1.75 bits per heavy atom. The average molecular weight is 112 g/mol. The summed E-state index contributed by atoms with van der Waals surface area (Å²) in [5, 5.41) is 0. The molecule has 0 rings (SSSR count). The largest absolute Gasteiger partial charge is 0.309 e. The van der Waals surface area contributed by atoms with Crippen molar-refractivity contribution < 1.29 is 0 Å². The molecule has 0 amide bonds. The van der Waals surface area contributed by atoms with Crippen LogP contribution in [0.3, 0.4) is 0 Å². The maximum atomic E-state index is 4.89. The third-order valence-corrected chi connectivity index (χ3v) is 0.462. The fourth-order valence-electron chi connectivity index (χ4n) is 0.148. The molecule has 0 aliphatic carbocycles. The molecule has 0 aromatic carbocycles. The van der Waals surface area contributed by atoms with Crippen molar-refractivity contribution in [3.63, 3.8) is 0 Å². The van der Waals surface area contributed by atoms with E-state index in [-0.39, 0.29) is 0 Å². The highest BCUT2D eigenvalue weighted by atomic mass is 15.3. The van der Waals surface area contributed by atoms with Crippen molar-refractivity contribution in [2.45, 2.75) is 0 Å². The summed E-state index contributed by atoms with van der Waals surface area (Å²) in [5.41, 5.74) is 2.22. The molecule has 0 heterocycles. The Morgan fingerprint density at radius 2 is 2.38 bits per heavy atom.